The van der Waals surface area contributed by atoms with Crippen molar-refractivity contribution in [3.05, 3.63) is 31.0 Å². The van der Waals surface area contributed by atoms with Crippen LogP contribution in [0.2, 0.25) is 0 Å². The van der Waals surface area contributed by atoms with E-state index in [4.69, 9.17) is 15.2 Å². The third-order valence-electron chi connectivity index (χ3n) is 2.84. The van der Waals surface area contributed by atoms with E-state index in [0.29, 0.717) is 29.5 Å². The van der Waals surface area contributed by atoms with Gasteiger partial charge in [-0.2, -0.15) is 0 Å². The molecule has 5 nitrogen and oxygen atoms in total. The number of ether oxygens (including phenoxy) is 2. The molecule has 1 aromatic carbocycles. The van der Waals surface area contributed by atoms with Gasteiger partial charge in [-0.1, -0.05) is 6.08 Å². The number of hydrogen-bond acceptors (Lipinski definition) is 5. The fraction of sp³-hybridized carbons (Fsp3) is 0.214. The predicted molar refractivity (Wildman–Crippen MR) is 77.9 cm³/mol. The van der Waals surface area contributed by atoms with E-state index < -0.39 is 0 Å². The highest BCUT2D eigenvalue weighted by Crippen LogP contribution is 2.41. The van der Waals surface area contributed by atoms with Gasteiger partial charge < -0.3 is 20.5 Å². The average molecular weight is 259 g/mol. The molecule has 0 saturated carbocycles. The zero-order chi connectivity index (χ0) is 13.8. The van der Waals surface area contributed by atoms with Gasteiger partial charge in [0.2, 0.25) is 0 Å². The fourth-order valence-electron chi connectivity index (χ4n) is 2.00. The highest BCUT2D eigenvalue weighted by molar-refractivity contribution is 6.05. The molecule has 19 heavy (non-hydrogen) atoms. The molecule has 1 heterocycles. The van der Waals surface area contributed by atoms with Gasteiger partial charge in [0.25, 0.3) is 0 Å². The van der Waals surface area contributed by atoms with Crippen molar-refractivity contribution >= 4 is 22.3 Å². The number of benzene rings is 1. The Hall–Kier alpha value is -2.43. The summed E-state index contributed by atoms with van der Waals surface area (Å²) in [5.74, 6) is 1.90. The van der Waals surface area contributed by atoms with Crippen LogP contribution in [0.5, 0.6) is 11.5 Å². The van der Waals surface area contributed by atoms with Crippen LogP contribution in [0.3, 0.4) is 0 Å². The Morgan fingerprint density at radius 2 is 2.21 bits per heavy atom. The maximum Gasteiger partial charge on any atom is 0.172 e. The summed E-state index contributed by atoms with van der Waals surface area (Å²) in [4.78, 5) is 4.32. The number of methoxy groups -OCH3 is 2. The molecule has 0 unspecified atom stereocenters. The summed E-state index contributed by atoms with van der Waals surface area (Å²) in [6.45, 7) is 4.28. The third kappa shape index (κ3) is 2.27. The number of fused-ring (bicyclic) bond motifs is 1. The summed E-state index contributed by atoms with van der Waals surface area (Å²) in [6, 6.07) is 3.60. The van der Waals surface area contributed by atoms with Crippen LogP contribution >= 0.6 is 0 Å². The maximum atomic E-state index is 6.04. The van der Waals surface area contributed by atoms with E-state index >= 15 is 0 Å². The first kappa shape index (κ1) is 13.0. The monoisotopic (exact) mass is 259 g/mol. The molecule has 0 aliphatic heterocycles. The molecule has 0 aliphatic carbocycles. The number of aromatic nitrogens is 1. The van der Waals surface area contributed by atoms with Crippen LogP contribution in [0.25, 0.3) is 10.8 Å². The predicted octanol–water partition coefficient (Wildman–Crippen LogP) is 2.43. The molecular formula is C14H17N3O2. The first-order valence-electron chi connectivity index (χ1n) is 5.86. The van der Waals surface area contributed by atoms with Gasteiger partial charge >= 0.3 is 0 Å². The van der Waals surface area contributed by atoms with Gasteiger partial charge in [0, 0.05) is 29.9 Å². The number of pyridine rings is 1. The number of nitrogen functional groups attached to an aromatic ring is 1. The van der Waals surface area contributed by atoms with E-state index in [9.17, 15) is 0 Å². The zero-order valence-corrected chi connectivity index (χ0v) is 11.1. The molecule has 3 N–H and O–H groups in total. The molecular weight excluding hydrogens is 242 g/mol. The molecule has 0 fully saturated rings. The number of nitrogens with zero attached hydrogens (tertiary/aromatic N) is 1. The lowest BCUT2D eigenvalue weighted by atomic mass is 10.1. The molecule has 0 spiro atoms. The maximum absolute atomic E-state index is 6.04. The molecule has 0 bridgehead atoms. The van der Waals surface area contributed by atoms with Crippen molar-refractivity contribution in [2.45, 2.75) is 0 Å². The van der Waals surface area contributed by atoms with Gasteiger partial charge in [-0.3, -0.25) is 0 Å². The molecule has 1 aromatic heterocycles. The van der Waals surface area contributed by atoms with Crippen molar-refractivity contribution in [2.75, 3.05) is 31.8 Å². The van der Waals surface area contributed by atoms with E-state index in [1.54, 1.807) is 32.6 Å². The van der Waals surface area contributed by atoms with Gasteiger partial charge in [0.05, 0.1) is 19.6 Å². The van der Waals surface area contributed by atoms with Gasteiger partial charge in [0.15, 0.2) is 11.5 Å². The van der Waals surface area contributed by atoms with Crippen LogP contribution in [0, 0.1) is 0 Å². The van der Waals surface area contributed by atoms with Crippen molar-refractivity contribution in [3.63, 3.8) is 0 Å². The number of nitrogens with one attached hydrogen (secondary N) is 1. The van der Waals surface area contributed by atoms with Crippen molar-refractivity contribution in [1.29, 1.82) is 0 Å². The molecule has 0 radical (unpaired) electrons. The Labute approximate surface area is 112 Å². The van der Waals surface area contributed by atoms with Crippen molar-refractivity contribution in [2.24, 2.45) is 0 Å². The summed E-state index contributed by atoms with van der Waals surface area (Å²) in [7, 11) is 3.17. The van der Waals surface area contributed by atoms with Crippen molar-refractivity contribution in [1.82, 2.24) is 4.98 Å². The Morgan fingerprint density at radius 3 is 2.84 bits per heavy atom. The van der Waals surface area contributed by atoms with Gasteiger partial charge in [-0.15, -0.1) is 6.58 Å². The number of nitrogens with two attached hydrogens (primary N) is 1. The lowest BCUT2D eigenvalue weighted by Gasteiger charge is -2.15. The highest BCUT2D eigenvalue weighted by Gasteiger charge is 2.15. The van der Waals surface area contributed by atoms with E-state index in [-0.39, 0.29) is 0 Å². The second-order valence-electron chi connectivity index (χ2n) is 3.95. The van der Waals surface area contributed by atoms with Crippen LogP contribution in [0.4, 0.5) is 11.5 Å². The molecule has 2 rings (SSSR count). The molecule has 0 atom stereocenters. The van der Waals surface area contributed by atoms with Crippen LogP contribution < -0.4 is 20.5 Å². The van der Waals surface area contributed by atoms with E-state index in [0.717, 1.165) is 10.8 Å². The third-order valence-corrected chi connectivity index (χ3v) is 2.84. The van der Waals surface area contributed by atoms with Gasteiger partial charge in [-0.25, -0.2) is 4.98 Å². The van der Waals surface area contributed by atoms with Gasteiger partial charge in [-0.05, 0) is 6.07 Å². The normalized spacial score (nSPS) is 10.2. The molecule has 5 heteroatoms. The Balaban J connectivity index is 2.76. The van der Waals surface area contributed by atoms with Crippen LogP contribution in [0.1, 0.15) is 0 Å². The van der Waals surface area contributed by atoms with Crippen LogP contribution in [0.15, 0.2) is 31.0 Å². The van der Waals surface area contributed by atoms with Crippen LogP contribution in [-0.4, -0.2) is 25.7 Å². The molecule has 2 aromatic rings. The molecule has 0 saturated heterocycles. The second kappa shape index (κ2) is 5.48. The summed E-state index contributed by atoms with van der Waals surface area (Å²) >= 11 is 0. The minimum Gasteiger partial charge on any atom is -0.493 e. The highest BCUT2D eigenvalue weighted by atomic mass is 16.5. The number of hydrogen-bond donors (Lipinski definition) is 2. The SMILES string of the molecule is C=CCNc1nccc2c(N)cc(OC)c(OC)c12. The topological polar surface area (TPSA) is 69.4 Å². The average Bonchev–Trinajstić information content (AvgIpc) is 2.44. The minimum absolute atomic E-state index is 0.585. The smallest absolute Gasteiger partial charge is 0.172 e. The number of anilines is 2. The standard InChI is InChI=1S/C14H17N3O2/c1-4-6-16-14-12-9(5-7-17-14)10(15)8-11(18-2)13(12)19-3/h4-5,7-8H,1,6,15H2,2-3H3,(H,16,17). The minimum atomic E-state index is 0.585. The first-order valence-corrected chi connectivity index (χ1v) is 5.86. The molecule has 0 amide bonds. The Morgan fingerprint density at radius 1 is 1.42 bits per heavy atom. The summed E-state index contributed by atoms with van der Waals surface area (Å²) in [5.41, 5.74) is 6.66. The first-order chi connectivity index (χ1) is 9.22. The summed E-state index contributed by atoms with van der Waals surface area (Å²) in [6.07, 6.45) is 3.46. The quantitative estimate of drug-likeness (QED) is 0.637. The van der Waals surface area contributed by atoms with E-state index in [2.05, 4.69) is 16.9 Å². The summed E-state index contributed by atoms with van der Waals surface area (Å²) in [5, 5.41) is 4.85. The Kier molecular flexibility index (Phi) is 3.75. The zero-order valence-electron chi connectivity index (χ0n) is 11.1. The lowest BCUT2D eigenvalue weighted by Crippen LogP contribution is -2.03. The second-order valence-corrected chi connectivity index (χ2v) is 3.95. The van der Waals surface area contributed by atoms with Crippen LogP contribution in [-0.2, 0) is 0 Å². The van der Waals surface area contributed by atoms with E-state index in [1.165, 1.54) is 0 Å². The van der Waals surface area contributed by atoms with Crippen molar-refractivity contribution in [3.8, 4) is 11.5 Å². The molecule has 100 valence electrons. The number of rotatable bonds is 5. The molecule has 0 aliphatic rings. The lowest BCUT2D eigenvalue weighted by molar-refractivity contribution is 0.359. The van der Waals surface area contributed by atoms with E-state index in [1.807, 2.05) is 6.07 Å². The summed E-state index contributed by atoms with van der Waals surface area (Å²) < 4.78 is 10.7. The fourth-order valence-corrected chi connectivity index (χ4v) is 2.00. The largest absolute Gasteiger partial charge is 0.493 e. The van der Waals surface area contributed by atoms with Crippen molar-refractivity contribution < 1.29 is 9.47 Å². The van der Waals surface area contributed by atoms with Gasteiger partial charge in [0.1, 0.15) is 5.82 Å². The Bertz CT molecular complexity index is 611.